The second-order valence-corrected chi connectivity index (χ2v) is 5.65. The summed E-state index contributed by atoms with van der Waals surface area (Å²) in [4.78, 5) is 20.7. The summed E-state index contributed by atoms with van der Waals surface area (Å²) in [6.45, 7) is 6.58. The van der Waals surface area contributed by atoms with Gasteiger partial charge in [-0.1, -0.05) is 11.6 Å². The van der Waals surface area contributed by atoms with E-state index in [2.05, 4.69) is 10.2 Å². The van der Waals surface area contributed by atoms with E-state index >= 15 is 0 Å². The summed E-state index contributed by atoms with van der Waals surface area (Å²) >= 11 is 5.82. The van der Waals surface area contributed by atoms with Crippen LogP contribution in [0.4, 0.5) is 0 Å². The van der Waals surface area contributed by atoms with Gasteiger partial charge in [-0.2, -0.15) is 0 Å². The number of carboxylic acids is 2. The second-order valence-electron chi connectivity index (χ2n) is 5.21. The molecule has 0 saturated carbocycles. The molecule has 1 heterocycles. The Morgan fingerprint density at radius 1 is 1.08 bits per heavy atom. The predicted octanol–water partition coefficient (Wildman–Crippen LogP) is 1.56. The Morgan fingerprint density at radius 3 is 2.21 bits per heavy atom. The van der Waals surface area contributed by atoms with E-state index in [0.717, 1.165) is 36.9 Å². The van der Waals surface area contributed by atoms with Gasteiger partial charge in [0.05, 0.1) is 6.61 Å². The quantitative estimate of drug-likeness (QED) is 0.524. The number of carbonyl (C=O) groups is 2. The molecule has 24 heavy (non-hydrogen) atoms. The number of aliphatic carboxylic acids is 2. The smallest absolute Gasteiger partial charge is 0.414 e. The molecule has 1 aliphatic rings. The second kappa shape index (κ2) is 11.7. The third-order valence-corrected chi connectivity index (χ3v) is 3.60. The molecule has 0 aliphatic carbocycles. The molecule has 0 amide bonds. The number of nitrogens with one attached hydrogen (secondary N) is 1. The highest BCUT2D eigenvalue weighted by Crippen LogP contribution is 2.15. The van der Waals surface area contributed by atoms with Crippen molar-refractivity contribution in [2.45, 2.75) is 12.8 Å². The number of nitrogens with zero attached hydrogens (tertiary/aromatic N) is 1. The van der Waals surface area contributed by atoms with E-state index in [-0.39, 0.29) is 0 Å². The lowest BCUT2D eigenvalue weighted by Gasteiger charge is -2.26. The van der Waals surface area contributed by atoms with E-state index in [9.17, 15) is 0 Å². The average Bonchev–Trinajstić information content (AvgIpc) is 2.58. The van der Waals surface area contributed by atoms with Gasteiger partial charge in [0.2, 0.25) is 0 Å². The molecule has 1 aromatic carbocycles. The van der Waals surface area contributed by atoms with Crippen LogP contribution in [-0.4, -0.2) is 66.4 Å². The number of carboxylic acid groups (broad SMARTS) is 2. The monoisotopic (exact) mass is 358 g/mol. The summed E-state index contributed by atoms with van der Waals surface area (Å²) in [6, 6.07) is 7.55. The topological polar surface area (TPSA) is 99.1 Å². The summed E-state index contributed by atoms with van der Waals surface area (Å²) in [7, 11) is 0. The van der Waals surface area contributed by atoms with Gasteiger partial charge < -0.3 is 25.2 Å². The molecule has 0 atom stereocenters. The van der Waals surface area contributed by atoms with Crippen LogP contribution in [-0.2, 0) is 9.59 Å². The average molecular weight is 359 g/mol. The highest BCUT2D eigenvalue weighted by Gasteiger charge is 2.08. The number of halogens is 1. The van der Waals surface area contributed by atoms with Crippen molar-refractivity contribution in [2.24, 2.45) is 0 Å². The van der Waals surface area contributed by atoms with E-state index in [0.29, 0.717) is 0 Å². The molecule has 2 rings (SSSR count). The Balaban J connectivity index is 0.000000413. The maximum Gasteiger partial charge on any atom is 0.414 e. The summed E-state index contributed by atoms with van der Waals surface area (Å²) < 4.78 is 5.66. The van der Waals surface area contributed by atoms with E-state index in [1.54, 1.807) is 0 Å². The molecule has 1 fully saturated rings. The van der Waals surface area contributed by atoms with Crippen molar-refractivity contribution in [1.82, 2.24) is 10.2 Å². The Morgan fingerprint density at radius 2 is 1.67 bits per heavy atom. The lowest BCUT2D eigenvalue weighted by molar-refractivity contribution is -0.159. The number of piperazine rings is 1. The molecule has 1 aliphatic heterocycles. The number of rotatable bonds is 6. The molecule has 3 N–H and O–H groups in total. The SMILES string of the molecule is Clc1ccc(OCCCCN2CCNCC2)cc1.O=C(O)C(=O)O. The molecule has 0 spiro atoms. The number of hydrogen-bond donors (Lipinski definition) is 3. The van der Waals surface area contributed by atoms with Gasteiger partial charge >= 0.3 is 11.9 Å². The molecule has 134 valence electrons. The van der Waals surface area contributed by atoms with Crippen molar-refractivity contribution in [2.75, 3.05) is 39.3 Å². The van der Waals surface area contributed by atoms with Gasteiger partial charge in [-0.15, -0.1) is 0 Å². The molecule has 0 bridgehead atoms. The van der Waals surface area contributed by atoms with Crippen LogP contribution in [0.2, 0.25) is 5.02 Å². The number of benzene rings is 1. The zero-order chi connectivity index (χ0) is 17.8. The molecule has 1 aromatic rings. The molecular weight excluding hydrogens is 336 g/mol. The van der Waals surface area contributed by atoms with Crippen molar-refractivity contribution in [1.29, 1.82) is 0 Å². The van der Waals surface area contributed by atoms with Gasteiger partial charge in [-0.25, -0.2) is 9.59 Å². The van der Waals surface area contributed by atoms with Crippen LogP contribution in [0.25, 0.3) is 0 Å². The first kappa shape index (κ1) is 20.2. The van der Waals surface area contributed by atoms with Crippen LogP contribution in [0.5, 0.6) is 5.75 Å². The van der Waals surface area contributed by atoms with Crippen LogP contribution >= 0.6 is 11.6 Å². The minimum Gasteiger partial charge on any atom is -0.494 e. The fourth-order valence-electron chi connectivity index (χ4n) is 2.09. The minimum atomic E-state index is -1.82. The van der Waals surface area contributed by atoms with E-state index in [1.807, 2.05) is 24.3 Å². The highest BCUT2D eigenvalue weighted by molar-refractivity contribution is 6.30. The van der Waals surface area contributed by atoms with Crippen molar-refractivity contribution < 1.29 is 24.5 Å². The maximum atomic E-state index is 9.10. The first-order chi connectivity index (χ1) is 11.5. The van der Waals surface area contributed by atoms with Crippen LogP contribution in [0.15, 0.2) is 24.3 Å². The van der Waals surface area contributed by atoms with Gasteiger partial charge in [0.15, 0.2) is 0 Å². The fourth-order valence-corrected chi connectivity index (χ4v) is 2.22. The minimum absolute atomic E-state index is 0.751. The normalized spacial score (nSPS) is 14.4. The van der Waals surface area contributed by atoms with Crippen molar-refractivity contribution in [3.05, 3.63) is 29.3 Å². The Kier molecular flexibility index (Phi) is 9.83. The molecule has 7 nitrogen and oxygen atoms in total. The highest BCUT2D eigenvalue weighted by atomic mass is 35.5. The standard InChI is InChI=1S/C14H21ClN2O.C2H2O4/c15-13-3-5-14(6-4-13)18-12-2-1-9-17-10-7-16-8-11-17;3-1(4)2(5)6/h3-6,16H,1-2,7-12H2;(H,3,4)(H,5,6). The summed E-state index contributed by atoms with van der Waals surface area (Å²) in [5, 5.41) is 18.9. The zero-order valence-corrected chi connectivity index (χ0v) is 14.2. The third-order valence-electron chi connectivity index (χ3n) is 3.34. The van der Waals surface area contributed by atoms with Gasteiger partial charge in [-0.3, -0.25) is 0 Å². The Labute approximate surface area is 146 Å². The molecule has 1 saturated heterocycles. The van der Waals surface area contributed by atoms with Crippen LogP contribution < -0.4 is 10.1 Å². The van der Waals surface area contributed by atoms with Crippen molar-refractivity contribution in [3.63, 3.8) is 0 Å². The first-order valence-corrected chi connectivity index (χ1v) is 8.14. The Bertz CT molecular complexity index is 492. The zero-order valence-electron chi connectivity index (χ0n) is 13.4. The predicted molar refractivity (Wildman–Crippen MR) is 90.8 cm³/mol. The Hall–Kier alpha value is -1.83. The summed E-state index contributed by atoms with van der Waals surface area (Å²) in [5.74, 6) is -2.74. The number of unbranched alkanes of at least 4 members (excludes halogenated alkanes) is 1. The third kappa shape index (κ3) is 9.34. The van der Waals surface area contributed by atoms with E-state index < -0.39 is 11.9 Å². The first-order valence-electron chi connectivity index (χ1n) is 7.76. The molecular formula is C16H23ClN2O5. The number of hydrogen-bond acceptors (Lipinski definition) is 5. The van der Waals surface area contributed by atoms with Gasteiger partial charge in [0, 0.05) is 31.2 Å². The molecule has 8 heteroatoms. The summed E-state index contributed by atoms with van der Waals surface area (Å²) in [6.07, 6.45) is 2.31. The van der Waals surface area contributed by atoms with Crippen molar-refractivity contribution in [3.8, 4) is 5.75 Å². The molecule has 0 aromatic heterocycles. The van der Waals surface area contributed by atoms with Gasteiger partial charge in [0.25, 0.3) is 0 Å². The largest absolute Gasteiger partial charge is 0.494 e. The fraction of sp³-hybridized carbons (Fsp3) is 0.500. The van der Waals surface area contributed by atoms with Crippen molar-refractivity contribution >= 4 is 23.5 Å². The molecule has 0 radical (unpaired) electrons. The van der Waals surface area contributed by atoms with E-state index in [4.69, 9.17) is 36.1 Å². The van der Waals surface area contributed by atoms with Crippen LogP contribution in [0, 0.1) is 0 Å². The number of ether oxygens (including phenoxy) is 1. The molecule has 0 unspecified atom stereocenters. The summed E-state index contributed by atoms with van der Waals surface area (Å²) in [5.41, 5.74) is 0. The van der Waals surface area contributed by atoms with Gasteiger partial charge in [-0.05, 0) is 43.7 Å². The van der Waals surface area contributed by atoms with E-state index in [1.165, 1.54) is 26.1 Å². The lowest BCUT2D eigenvalue weighted by Crippen LogP contribution is -2.43. The van der Waals surface area contributed by atoms with Crippen LogP contribution in [0.1, 0.15) is 12.8 Å². The van der Waals surface area contributed by atoms with Gasteiger partial charge in [0.1, 0.15) is 5.75 Å². The van der Waals surface area contributed by atoms with Crippen LogP contribution in [0.3, 0.4) is 0 Å². The lowest BCUT2D eigenvalue weighted by atomic mass is 10.2. The maximum absolute atomic E-state index is 9.10.